The third kappa shape index (κ3) is 3.93. The van der Waals surface area contributed by atoms with Gasteiger partial charge in [-0.1, -0.05) is 6.07 Å². The highest BCUT2D eigenvalue weighted by molar-refractivity contribution is 5.94. The summed E-state index contributed by atoms with van der Waals surface area (Å²) in [4.78, 5) is 15.1. The predicted octanol–water partition coefficient (Wildman–Crippen LogP) is 5.22. The summed E-state index contributed by atoms with van der Waals surface area (Å²) < 4.78 is 9.77. The molecule has 1 amide bonds. The van der Waals surface area contributed by atoms with E-state index in [0.29, 0.717) is 18.7 Å². The molecule has 0 spiro atoms. The molecule has 0 saturated heterocycles. The molecule has 2 aromatic heterocycles. The molecule has 1 aliphatic rings. The maximum atomic E-state index is 13.2. The van der Waals surface area contributed by atoms with Gasteiger partial charge in [-0.3, -0.25) is 4.79 Å². The quantitative estimate of drug-likeness (QED) is 0.427. The van der Waals surface area contributed by atoms with E-state index in [1.807, 2.05) is 72.2 Å². The van der Waals surface area contributed by atoms with Crippen molar-refractivity contribution in [3.8, 4) is 17.3 Å². The van der Waals surface area contributed by atoms with E-state index in [2.05, 4.69) is 36.6 Å². The van der Waals surface area contributed by atoms with E-state index in [-0.39, 0.29) is 12.0 Å². The minimum absolute atomic E-state index is 0.000262. The van der Waals surface area contributed by atoms with Crippen molar-refractivity contribution in [2.45, 2.75) is 46.9 Å². The number of hydrogen-bond acceptors (Lipinski definition) is 3. The monoisotopic (exact) mass is 440 g/mol. The van der Waals surface area contributed by atoms with Crippen LogP contribution < -0.4 is 4.74 Å². The highest BCUT2D eigenvalue weighted by Crippen LogP contribution is 2.32. The van der Waals surface area contributed by atoms with Crippen molar-refractivity contribution in [1.82, 2.24) is 19.2 Å². The molecule has 0 atom stereocenters. The first-order valence-electron chi connectivity index (χ1n) is 11.3. The van der Waals surface area contributed by atoms with Crippen molar-refractivity contribution in [1.29, 1.82) is 0 Å². The lowest BCUT2D eigenvalue weighted by atomic mass is 10.1. The summed E-state index contributed by atoms with van der Waals surface area (Å²) in [5, 5.41) is 4.94. The smallest absolute Gasteiger partial charge is 0.254 e. The molecule has 6 nitrogen and oxygen atoms in total. The molecule has 0 aliphatic carbocycles. The molecule has 168 valence electrons. The SMILES string of the molecule is Cc1ccc(-n2nc3c(c2-n2cccc2)CN(C(=O)c2ccc(OC(C)C)cc2)C3)cc1C. The molecular formula is C27H28N4O2. The average Bonchev–Trinajstić information content (AvgIpc) is 3.51. The molecule has 33 heavy (non-hydrogen) atoms. The molecule has 6 heteroatoms. The van der Waals surface area contributed by atoms with Gasteiger partial charge in [-0.15, -0.1) is 0 Å². The van der Waals surface area contributed by atoms with Crippen LogP contribution in [-0.4, -0.2) is 31.3 Å². The summed E-state index contributed by atoms with van der Waals surface area (Å²) in [6, 6.07) is 17.8. The van der Waals surface area contributed by atoms with E-state index in [1.165, 1.54) is 11.1 Å². The number of carbonyl (C=O) groups is 1. The van der Waals surface area contributed by atoms with Crippen LogP contribution in [0.1, 0.15) is 46.6 Å². The number of ether oxygens (including phenoxy) is 1. The second-order valence-corrected chi connectivity index (χ2v) is 8.87. The number of aryl methyl sites for hydroxylation is 2. The third-order valence-corrected chi connectivity index (χ3v) is 6.07. The molecular weight excluding hydrogens is 412 g/mol. The first-order chi connectivity index (χ1) is 15.9. The molecule has 5 rings (SSSR count). The summed E-state index contributed by atoms with van der Waals surface area (Å²) in [6.45, 7) is 9.21. The van der Waals surface area contributed by atoms with Crippen LogP contribution in [0.4, 0.5) is 0 Å². The van der Waals surface area contributed by atoms with Gasteiger partial charge in [-0.05, 0) is 87.4 Å². The van der Waals surface area contributed by atoms with Crippen LogP contribution in [0.25, 0.3) is 11.5 Å². The lowest BCUT2D eigenvalue weighted by molar-refractivity contribution is 0.0749. The van der Waals surface area contributed by atoms with Crippen molar-refractivity contribution in [3.63, 3.8) is 0 Å². The fourth-order valence-electron chi connectivity index (χ4n) is 4.25. The van der Waals surface area contributed by atoms with Crippen molar-refractivity contribution < 1.29 is 9.53 Å². The Bertz CT molecular complexity index is 1300. The van der Waals surface area contributed by atoms with E-state index >= 15 is 0 Å². The van der Waals surface area contributed by atoms with Gasteiger partial charge in [0.2, 0.25) is 0 Å². The zero-order valence-corrected chi connectivity index (χ0v) is 19.4. The van der Waals surface area contributed by atoms with Crippen LogP contribution in [0, 0.1) is 13.8 Å². The first kappa shape index (κ1) is 21.1. The van der Waals surface area contributed by atoms with E-state index in [1.54, 1.807) is 0 Å². The fraction of sp³-hybridized carbons (Fsp3) is 0.259. The van der Waals surface area contributed by atoms with Crippen molar-refractivity contribution in [2.75, 3.05) is 0 Å². The normalized spacial score (nSPS) is 12.9. The average molecular weight is 441 g/mol. The molecule has 0 fully saturated rings. The second-order valence-electron chi connectivity index (χ2n) is 8.87. The van der Waals surface area contributed by atoms with Crippen LogP contribution in [-0.2, 0) is 13.1 Å². The number of nitrogens with zero attached hydrogens (tertiary/aromatic N) is 4. The number of carbonyl (C=O) groups excluding carboxylic acids is 1. The lowest BCUT2D eigenvalue weighted by Gasteiger charge is -2.18. The van der Waals surface area contributed by atoms with Gasteiger partial charge in [0.05, 0.1) is 30.6 Å². The van der Waals surface area contributed by atoms with Crippen molar-refractivity contribution in [3.05, 3.63) is 94.9 Å². The van der Waals surface area contributed by atoms with Gasteiger partial charge in [0.15, 0.2) is 0 Å². The van der Waals surface area contributed by atoms with Gasteiger partial charge < -0.3 is 14.2 Å². The first-order valence-corrected chi connectivity index (χ1v) is 11.3. The minimum atomic E-state index is 0.000262. The maximum Gasteiger partial charge on any atom is 0.254 e. The number of fused-ring (bicyclic) bond motifs is 1. The molecule has 3 heterocycles. The zero-order chi connectivity index (χ0) is 23.1. The summed E-state index contributed by atoms with van der Waals surface area (Å²) in [5.41, 5.74) is 6.17. The summed E-state index contributed by atoms with van der Waals surface area (Å²) in [7, 11) is 0. The standard InChI is InChI=1S/C27H28N4O2/c1-18(2)33-23-11-8-21(9-12-23)27(32)30-16-24-25(17-30)28-31(26(24)29-13-5-6-14-29)22-10-7-19(3)20(4)15-22/h5-15,18H,16-17H2,1-4H3. The topological polar surface area (TPSA) is 52.3 Å². The lowest BCUT2D eigenvalue weighted by Crippen LogP contribution is -2.26. The van der Waals surface area contributed by atoms with Crippen LogP contribution in [0.3, 0.4) is 0 Å². The molecule has 1 aliphatic heterocycles. The summed E-state index contributed by atoms with van der Waals surface area (Å²) >= 11 is 0. The van der Waals surface area contributed by atoms with E-state index in [9.17, 15) is 4.79 Å². The highest BCUT2D eigenvalue weighted by atomic mass is 16.5. The van der Waals surface area contributed by atoms with Crippen LogP contribution in [0.2, 0.25) is 0 Å². The maximum absolute atomic E-state index is 13.2. The Balaban J connectivity index is 1.46. The van der Waals surface area contributed by atoms with Crippen molar-refractivity contribution in [2.24, 2.45) is 0 Å². The van der Waals surface area contributed by atoms with E-state index < -0.39 is 0 Å². The zero-order valence-electron chi connectivity index (χ0n) is 19.4. The molecule has 2 aromatic carbocycles. The van der Waals surface area contributed by atoms with Gasteiger partial charge in [0.1, 0.15) is 11.6 Å². The largest absolute Gasteiger partial charge is 0.491 e. The van der Waals surface area contributed by atoms with Gasteiger partial charge >= 0.3 is 0 Å². The molecule has 0 N–H and O–H groups in total. The number of benzene rings is 2. The number of aromatic nitrogens is 3. The third-order valence-electron chi connectivity index (χ3n) is 6.07. The van der Waals surface area contributed by atoms with Gasteiger partial charge in [0, 0.05) is 23.5 Å². The molecule has 0 unspecified atom stereocenters. The minimum Gasteiger partial charge on any atom is -0.491 e. The molecule has 0 bridgehead atoms. The molecule has 0 radical (unpaired) electrons. The molecule has 0 saturated carbocycles. The molecule has 4 aromatic rings. The highest BCUT2D eigenvalue weighted by Gasteiger charge is 2.32. The Morgan fingerprint density at radius 2 is 1.70 bits per heavy atom. The van der Waals surface area contributed by atoms with Crippen LogP contribution in [0.15, 0.2) is 67.0 Å². The Morgan fingerprint density at radius 1 is 0.970 bits per heavy atom. The van der Waals surface area contributed by atoms with E-state index in [4.69, 9.17) is 9.84 Å². The summed E-state index contributed by atoms with van der Waals surface area (Å²) in [5.74, 6) is 1.75. The van der Waals surface area contributed by atoms with Gasteiger partial charge in [-0.2, -0.15) is 5.10 Å². The predicted molar refractivity (Wildman–Crippen MR) is 128 cm³/mol. The Kier molecular flexibility index (Phi) is 5.29. The Labute approximate surface area is 194 Å². The number of amides is 1. The van der Waals surface area contributed by atoms with Crippen LogP contribution >= 0.6 is 0 Å². The number of rotatable bonds is 5. The fourth-order valence-corrected chi connectivity index (χ4v) is 4.25. The number of hydrogen-bond donors (Lipinski definition) is 0. The summed E-state index contributed by atoms with van der Waals surface area (Å²) in [6.07, 6.45) is 4.14. The van der Waals surface area contributed by atoms with Crippen molar-refractivity contribution >= 4 is 5.91 Å². The second kappa shape index (κ2) is 8.28. The van der Waals surface area contributed by atoms with Crippen LogP contribution in [0.5, 0.6) is 5.75 Å². The Hall–Kier alpha value is -3.80. The van der Waals surface area contributed by atoms with E-state index in [0.717, 1.165) is 28.5 Å². The Morgan fingerprint density at radius 3 is 2.36 bits per heavy atom. The van der Waals surface area contributed by atoms with Gasteiger partial charge in [0.25, 0.3) is 5.91 Å². The van der Waals surface area contributed by atoms with Gasteiger partial charge in [-0.25, -0.2) is 4.68 Å².